The van der Waals surface area contributed by atoms with Gasteiger partial charge >= 0.3 is 0 Å². The molecule has 280 valence electrons. The standard InChI is InChI=1S/C54H33N5S/c1-2-12-37(13-3-1)52-56-53(58-54(57-52)39-30-32-40(33-31-39)59-46-19-9-5-14-41(46)42-15-6-10-20-47(42)59)38-28-24-35(25-29-38)34-22-26-36(27-23-34)50-49-44-17-7-11-21-48(44)60-51(49)43-16-4-8-18-45(43)55-50/h1-33H. The van der Waals surface area contributed by atoms with Crippen molar-refractivity contribution in [1.29, 1.82) is 0 Å². The van der Waals surface area contributed by atoms with Crippen LogP contribution in [0.2, 0.25) is 0 Å². The molecule has 12 aromatic rings. The summed E-state index contributed by atoms with van der Waals surface area (Å²) in [5.74, 6) is 1.89. The molecule has 0 amide bonds. The molecule has 0 aliphatic heterocycles. The lowest BCUT2D eigenvalue weighted by molar-refractivity contribution is 1.07. The summed E-state index contributed by atoms with van der Waals surface area (Å²) in [4.78, 5) is 20.3. The molecule has 8 aromatic carbocycles. The molecule has 0 spiro atoms. The van der Waals surface area contributed by atoms with Crippen LogP contribution in [0.1, 0.15) is 0 Å². The number of pyridine rings is 1. The SMILES string of the molecule is c1ccc(-c2nc(-c3ccc(-c4ccc(-c5nc6ccccc6c6sc7ccccc7c56)cc4)cc3)nc(-c3ccc(-n4c5ccccc5c5ccccc54)cc3)n2)cc1. The van der Waals surface area contributed by atoms with Crippen molar-refractivity contribution in [3.63, 3.8) is 0 Å². The topological polar surface area (TPSA) is 56.5 Å². The summed E-state index contributed by atoms with van der Waals surface area (Å²) in [6.07, 6.45) is 0. The Morgan fingerprint density at radius 2 is 0.783 bits per heavy atom. The van der Waals surface area contributed by atoms with Gasteiger partial charge in [-0.05, 0) is 59.7 Å². The molecule has 0 radical (unpaired) electrons. The molecule has 60 heavy (non-hydrogen) atoms. The van der Waals surface area contributed by atoms with Gasteiger partial charge in [-0.3, -0.25) is 0 Å². The smallest absolute Gasteiger partial charge is 0.164 e. The molecule has 4 aromatic heterocycles. The van der Waals surface area contributed by atoms with E-state index in [1.54, 1.807) is 0 Å². The van der Waals surface area contributed by atoms with Crippen LogP contribution in [-0.4, -0.2) is 24.5 Å². The highest BCUT2D eigenvalue weighted by molar-refractivity contribution is 7.26. The minimum Gasteiger partial charge on any atom is -0.309 e. The maximum atomic E-state index is 5.23. The van der Waals surface area contributed by atoms with Crippen molar-refractivity contribution >= 4 is 64.2 Å². The van der Waals surface area contributed by atoms with E-state index in [4.69, 9.17) is 19.9 Å². The lowest BCUT2D eigenvalue weighted by Gasteiger charge is -2.11. The fraction of sp³-hybridized carbons (Fsp3) is 0. The Hall–Kier alpha value is -7.80. The zero-order valence-electron chi connectivity index (χ0n) is 32.2. The van der Waals surface area contributed by atoms with Crippen molar-refractivity contribution in [2.24, 2.45) is 0 Å². The number of hydrogen-bond donors (Lipinski definition) is 0. The normalized spacial score (nSPS) is 11.7. The second kappa shape index (κ2) is 13.9. The van der Waals surface area contributed by atoms with E-state index < -0.39 is 0 Å². The first-order valence-corrected chi connectivity index (χ1v) is 20.9. The second-order valence-electron chi connectivity index (χ2n) is 15.0. The van der Waals surface area contributed by atoms with E-state index in [0.29, 0.717) is 17.5 Å². The van der Waals surface area contributed by atoms with E-state index in [2.05, 4.69) is 174 Å². The zero-order chi connectivity index (χ0) is 39.6. The number of benzene rings is 8. The van der Waals surface area contributed by atoms with Crippen molar-refractivity contribution in [3.8, 4) is 62.2 Å². The molecule has 0 fully saturated rings. The summed E-state index contributed by atoms with van der Waals surface area (Å²) >= 11 is 1.84. The van der Waals surface area contributed by atoms with Gasteiger partial charge in [0.2, 0.25) is 0 Å². The fourth-order valence-corrected chi connectivity index (χ4v) is 9.80. The maximum Gasteiger partial charge on any atom is 0.164 e. The third-order valence-electron chi connectivity index (χ3n) is 11.5. The van der Waals surface area contributed by atoms with Crippen LogP contribution in [0.3, 0.4) is 0 Å². The molecule has 12 rings (SSSR count). The van der Waals surface area contributed by atoms with Gasteiger partial charge in [0, 0.05) is 64.3 Å². The van der Waals surface area contributed by atoms with E-state index in [9.17, 15) is 0 Å². The van der Waals surface area contributed by atoms with Gasteiger partial charge in [-0.15, -0.1) is 11.3 Å². The minimum atomic E-state index is 0.626. The van der Waals surface area contributed by atoms with E-state index in [0.717, 1.165) is 50.3 Å². The monoisotopic (exact) mass is 783 g/mol. The van der Waals surface area contributed by atoms with Crippen LogP contribution in [0.15, 0.2) is 200 Å². The number of nitrogens with zero attached hydrogens (tertiary/aromatic N) is 5. The molecular weight excluding hydrogens is 751 g/mol. The molecule has 0 aliphatic carbocycles. The Balaban J connectivity index is 0.892. The van der Waals surface area contributed by atoms with Crippen LogP contribution in [0, 0.1) is 0 Å². The van der Waals surface area contributed by atoms with Gasteiger partial charge in [-0.25, -0.2) is 19.9 Å². The zero-order valence-corrected chi connectivity index (χ0v) is 33.0. The highest BCUT2D eigenvalue weighted by Gasteiger charge is 2.18. The highest BCUT2D eigenvalue weighted by atomic mass is 32.1. The van der Waals surface area contributed by atoms with Gasteiger partial charge < -0.3 is 4.57 Å². The third kappa shape index (κ3) is 5.69. The van der Waals surface area contributed by atoms with Gasteiger partial charge in [0.15, 0.2) is 17.5 Å². The van der Waals surface area contributed by atoms with Gasteiger partial charge in [-0.2, -0.15) is 0 Å². The summed E-state index contributed by atoms with van der Waals surface area (Å²) in [6, 6.07) is 70.2. The van der Waals surface area contributed by atoms with Gasteiger partial charge in [0.25, 0.3) is 0 Å². The lowest BCUT2D eigenvalue weighted by atomic mass is 9.99. The van der Waals surface area contributed by atoms with E-state index in [1.165, 1.54) is 47.4 Å². The fourth-order valence-electron chi connectivity index (χ4n) is 8.56. The molecule has 6 heteroatoms. The molecule has 5 nitrogen and oxygen atoms in total. The van der Waals surface area contributed by atoms with Gasteiger partial charge in [-0.1, -0.05) is 152 Å². The molecule has 0 aliphatic rings. The van der Waals surface area contributed by atoms with Crippen LogP contribution in [0.5, 0.6) is 0 Å². The Morgan fingerprint density at radius 1 is 0.333 bits per heavy atom. The van der Waals surface area contributed by atoms with Crippen molar-refractivity contribution in [2.45, 2.75) is 0 Å². The molecule has 4 heterocycles. The molecule has 0 saturated heterocycles. The number of aromatic nitrogens is 5. The Labute approximate surface area is 349 Å². The first-order chi connectivity index (χ1) is 29.7. The Morgan fingerprint density at radius 3 is 1.40 bits per heavy atom. The lowest BCUT2D eigenvalue weighted by Crippen LogP contribution is -2.00. The molecule has 0 saturated carbocycles. The van der Waals surface area contributed by atoms with Crippen LogP contribution >= 0.6 is 11.3 Å². The van der Waals surface area contributed by atoms with Gasteiger partial charge in [0.05, 0.1) is 22.2 Å². The Kier molecular flexibility index (Phi) is 7.96. The predicted molar refractivity (Wildman–Crippen MR) is 250 cm³/mol. The van der Waals surface area contributed by atoms with Crippen LogP contribution < -0.4 is 0 Å². The number of rotatable bonds is 6. The largest absolute Gasteiger partial charge is 0.309 e. The van der Waals surface area contributed by atoms with Crippen LogP contribution in [0.4, 0.5) is 0 Å². The van der Waals surface area contributed by atoms with E-state index >= 15 is 0 Å². The average Bonchev–Trinajstić information content (AvgIpc) is 3.89. The van der Waals surface area contributed by atoms with E-state index in [1.807, 2.05) is 41.7 Å². The van der Waals surface area contributed by atoms with Crippen molar-refractivity contribution in [2.75, 3.05) is 0 Å². The summed E-state index contributed by atoms with van der Waals surface area (Å²) in [7, 11) is 0. The average molecular weight is 784 g/mol. The summed E-state index contributed by atoms with van der Waals surface area (Å²) in [6.45, 7) is 0. The van der Waals surface area contributed by atoms with Crippen LogP contribution in [0.25, 0.3) is 115 Å². The molecule has 0 atom stereocenters. The second-order valence-corrected chi connectivity index (χ2v) is 16.1. The number of thiophene rings is 1. The van der Waals surface area contributed by atoms with Crippen molar-refractivity contribution in [3.05, 3.63) is 200 Å². The minimum absolute atomic E-state index is 0.626. The number of hydrogen-bond acceptors (Lipinski definition) is 5. The summed E-state index contributed by atoms with van der Waals surface area (Å²) < 4.78 is 4.88. The molecule has 0 unspecified atom stereocenters. The quantitative estimate of drug-likeness (QED) is 0.169. The maximum absolute atomic E-state index is 5.23. The van der Waals surface area contributed by atoms with E-state index in [-0.39, 0.29) is 0 Å². The van der Waals surface area contributed by atoms with Crippen molar-refractivity contribution in [1.82, 2.24) is 24.5 Å². The summed E-state index contributed by atoms with van der Waals surface area (Å²) in [5.41, 5.74) is 11.6. The Bertz CT molecular complexity index is 3520. The molecule has 0 N–H and O–H groups in total. The highest BCUT2D eigenvalue weighted by Crippen LogP contribution is 2.43. The first-order valence-electron chi connectivity index (χ1n) is 20.1. The van der Waals surface area contributed by atoms with Crippen LogP contribution in [-0.2, 0) is 0 Å². The first kappa shape index (κ1) is 34.3. The molecular formula is C54H33N5S. The van der Waals surface area contributed by atoms with Gasteiger partial charge in [0.1, 0.15) is 0 Å². The number of para-hydroxylation sites is 3. The van der Waals surface area contributed by atoms with Crippen molar-refractivity contribution < 1.29 is 0 Å². The molecule has 0 bridgehead atoms. The third-order valence-corrected chi connectivity index (χ3v) is 12.7. The summed E-state index contributed by atoms with van der Waals surface area (Å²) in [5, 5.41) is 6.14. The number of fused-ring (bicyclic) bond motifs is 8. The predicted octanol–water partition coefficient (Wildman–Crippen LogP) is 14.2.